The number of aromatic nitrogens is 5. The van der Waals surface area contributed by atoms with E-state index in [-0.39, 0.29) is 5.69 Å². The van der Waals surface area contributed by atoms with Crippen molar-refractivity contribution in [1.29, 1.82) is 0 Å². The van der Waals surface area contributed by atoms with Gasteiger partial charge in [0.05, 0.1) is 10.7 Å². The van der Waals surface area contributed by atoms with Gasteiger partial charge in [-0.25, -0.2) is 0 Å². The van der Waals surface area contributed by atoms with Crippen LogP contribution in [-0.2, 0) is 6.54 Å². The zero-order valence-electron chi connectivity index (χ0n) is 11.7. The van der Waals surface area contributed by atoms with Gasteiger partial charge in [-0.15, -0.1) is 0 Å². The second-order valence-corrected chi connectivity index (χ2v) is 4.95. The first-order valence-corrected chi connectivity index (χ1v) is 7.05. The van der Waals surface area contributed by atoms with Crippen LogP contribution in [0.3, 0.4) is 0 Å². The number of anilines is 1. The van der Waals surface area contributed by atoms with Crippen LogP contribution in [0.25, 0.3) is 11.3 Å². The number of hydrogen-bond donors (Lipinski definition) is 2. The lowest BCUT2D eigenvalue weighted by molar-refractivity contribution is 0.102. The number of aromatic amines is 1. The van der Waals surface area contributed by atoms with Gasteiger partial charge >= 0.3 is 0 Å². The molecule has 8 heteroatoms. The zero-order valence-corrected chi connectivity index (χ0v) is 12.5. The minimum atomic E-state index is -0.398. The van der Waals surface area contributed by atoms with Gasteiger partial charge in [0.25, 0.3) is 5.91 Å². The van der Waals surface area contributed by atoms with Crippen LogP contribution in [0.2, 0.25) is 5.02 Å². The van der Waals surface area contributed by atoms with E-state index in [1.807, 2.05) is 19.1 Å². The van der Waals surface area contributed by atoms with Gasteiger partial charge in [0.15, 0.2) is 11.5 Å². The van der Waals surface area contributed by atoms with Crippen molar-refractivity contribution in [1.82, 2.24) is 25.0 Å². The fourth-order valence-corrected chi connectivity index (χ4v) is 2.19. The van der Waals surface area contributed by atoms with E-state index in [0.29, 0.717) is 17.4 Å². The standard InChI is InChI=1S/C14H13ClN6O/c1-2-21-8-10(15)13(20-21)14(22)17-12-7-11(18-19-12)9-3-5-16-6-4-9/h3-8H,2H2,1H3,(H2,17,18,19,22). The van der Waals surface area contributed by atoms with Gasteiger partial charge in [-0.2, -0.15) is 10.2 Å². The molecule has 0 radical (unpaired) electrons. The van der Waals surface area contributed by atoms with E-state index < -0.39 is 5.91 Å². The van der Waals surface area contributed by atoms with Gasteiger partial charge in [0.2, 0.25) is 0 Å². The molecule has 2 N–H and O–H groups in total. The lowest BCUT2D eigenvalue weighted by Crippen LogP contribution is -2.14. The first kappa shape index (κ1) is 14.3. The highest BCUT2D eigenvalue weighted by Crippen LogP contribution is 2.20. The monoisotopic (exact) mass is 316 g/mol. The molecule has 3 rings (SSSR count). The highest BCUT2D eigenvalue weighted by Gasteiger charge is 2.16. The summed E-state index contributed by atoms with van der Waals surface area (Å²) in [4.78, 5) is 16.1. The SMILES string of the molecule is CCn1cc(Cl)c(C(=O)Nc2cc(-c3ccncc3)[nH]n2)n1. The molecule has 0 aliphatic rings. The highest BCUT2D eigenvalue weighted by molar-refractivity contribution is 6.34. The topological polar surface area (TPSA) is 88.5 Å². The van der Waals surface area contributed by atoms with E-state index in [4.69, 9.17) is 11.6 Å². The maximum Gasteiger partial charge on any atom is 0.278 e. The molecule has 0 aliphatic carbocycles. The summed E-state index contributed by atoms with van der Waals surface area (Å²) in [5.41, 5.74) is 1.89. The lowest BCUT2D eigenvalue weighted by atomic mass is 10.2. The Labute approximate surface area is 131 Å². The average molecular weight is 317 g/mol. The third-order valence-corrected chi connectivity index (χ3v) is 3.34. The van der Waals surface area contributed by atoms with Gasteiger partial charge in [0, 0.05) is 36.8 Å². The number of carbonyl (C=O) groups excluding carboxylic acids is 1. The van der Waals surface area contributed by atoms with Crippen LogP contribution in [0.15, 0.2) is 36.8 Å². The Kier molecular flexibility index (Phi) is 3.88. The summed E-state index contributed by atoms with van der Waals surface area (Å²) < 4.78 is 1.60. The molecule has 0 aromatic carbocycles. The van der Waals surface area contributed by atoms with Crippen LogP contribution in [0.5, 0.6) is 0 Å². The molecule has 7 nitrogen and oxygen atoms in total. The molecule has 0 saturated carbocycles. The van der Waals surface area contributed by atoms with Gasteiger partial charge in [0.1, 0.15) is 0 Å². The molecule has 0 atom stereocenters. The molecule has 3 aromatic rings. The Balaban J connectivity index is 1.77. The first-order valence-electron chi connectivity index (χ1n) is 6.67. The normalized spacial score (nSPS) is 10.6. The molecule has 0 saturated heterocycles. The minimum absolute atomic E-state index is 0.178. The van der Waals surface area contributed by atoms with Crippen LogP contribution in [0, 0.1) is 0 Å². The number of carbonyl (C=O) groups is 1. The van der Waals surface area contributed by atoms with Crippen molar-refractivity contribution in [3.63, 3.8) is 0 Å². The summed E-state index contributed by atoms with van der Waals surface area (Å²) in [5, 5.41) is 14.0. The predicted molar refractivity (Wildman–Crippen MR) is 82.7 cm³/mol. The molecule has 3 heterocycles. The van der Waals surface area contributed by atoms with Crippen LogP contribution >= 0.6 is 11.6 Å². The largest absolute Gasteiger partial charge is 0.304 e. The fourth-order valence-electron chi connectivity index (χ4n) is 1.95. The van der Waals surface area contributed by atoms with E-state index in [1.165, 1.54) is 0 Å². The van der Waals surface area contributed by atoms with E-state index in [2.05, 4.69) is 25.6 Å². The van der Waals surface area contributed by atoms with Crippen LogP contribution in [0.1, 0.15) is 17.4 Å². The first-order chi connectivity index (χ1) is 10.7. The number of amides is 1. The molecule has 3 aromatic heterocycles. The molecular weight excluding hydrogens is 304 g/mol. The van der Waals surface area contributed by atoms with Crippen molar-refractivity contribution in [3.05, 3.63) is 47.5 Å². The van der Waals surface area contributed by atoms with Crippen molar-refractivity contribution in [2.24, 2.45) is 0 Å². The van der Waals surface area contributed by atoms with Crippen LogP contribution in [-0.4, -0.2) is 30.9 Å². The Morgan fingerprint density at radius 1 is 1.41 bits per heavy atom. The van der Waals surface area contributed by atoms with Gasteiger partial charge in [-0.3, -0.25) is 19.6 Å². The van der Waals surface area contributed by atoms with Crippen molar-refractivity contribution >= 4 is 23.3 Å². The molecule has 1 amide bonds. The van der Waals surface area contributed by atoms with E-state index in [0.717, 1.165) is 11.3 Å². The highest BCUT2D eigenvalue weighted by atomic mass is 35.5. The second kappa shape index (κ2) is 5.98. The smallest absolute Gasteiger partial charge is 0.278 e. The number of hydrogen-bond acceptors (Lipinski definition) is 4. The summed E-state index contributed by atoms with van der Waals surface area (Å²) in [6.07, 6.45) is 4.99. The number of H-pyrrole nitrogens is 1. The molecule has 22 heavy (non-hydrogen) atoms. The number of nitrogens with zero attached hydrogens (tertiary/aromatic N) is 4. The second-order valence-electron chi connectivity index (χ2n) is 4.54. The fraction of sp³-hybridized carbons (Fsp3) is 0.143. The van der Waals surface area contributed by atoms with Gasteiger partial charge in [-0.1, -0.05) is 11.6 Å². The summed E-state index contributed by atoms with van der Waals surface area (Å²) in [6, 6.07) is 5.43. The summed E-state index contributed by atoms with van der Waals surface area (Å²) in [6.45, 7) is 2.56. The number of rotatable bonds is 4. The summed E-state index contributed by atoms with van der Waals surface area (Å²) in [5.74, 6) is 0.00362. The van der Waals surface area contributed by atoms with Crippen molar-refractivity contribution in [2.45, 2.75) is 13.5 Å². The predicted octanol–water partition coefficient (Wildman–Crippen LogP) is 2.59. The molecular formula is C14H13ClN6O. The number of nitrogens with one attached hydrogen (secondary N) is 2. The lowest BCUT2D eigenvalue weighted by Gasteiger charge is -1.98. The summed E-state index contributed by atoms with van der Waals surface area (Å²) >= 11 is 6.01. The number of halogens is 1. The van der Waals surface area contributed by atoms with E-state index >= 15 is 0 Å². The Hall–Kier alpha value is -2.67. The molecule has 0 bridgehead atoms. The maximum absolute atomic E-state index is 12.2. The van der Waals surface area contributed by atoms with Crippen LogP contribution < -0.4 is 5.32 Å². The van der Waals surface area contributed by atoms with E-state index in [1.54, 1.807) is 29.3 Å². The Morgan fingerprint density at radius 2 is 2.18 bits per heavy atom. The van der Waals surface area contributed by atoms with Crippen molar-refractivity contribution in [2.75, 3.05) is 5.32 Å². The Morgan fingerprint density at radius 3 is 2.86 bits per heavy atom. The van der Waals surface area contributed by atoms with Gasteiger partial charge < -0.3 is 5.32 Å². The van der Waals surface area contributed by atoms with Gasteiger partial charge in [-0.05, 0) is 19.1 Å². The third kappa shape index (κ3) is 2.84. The molecule has 0 unspecified atom stereocenters. The molecule has 0 aliphatic heterocycles. The quantitative estimate of drug-likeness (QED) is 0.774. The minimum Gasteiger partial charge on any atom is -0.304 e. The third-order valence-electron chi connectivity index (χ3n) is 3.07. The number of pyridine rings is 1. The molecule has 0 fully saturated rings. The van der Waals surface area contributed by atoms with Crippen LogP contribution in [0.4, 0.5) is 5.82 Å². The molecule has 112 valence electrons. The molecule has 0 spiro atoms. The Bertz CT molecular complexity index is 795. The zero-order chi connectivity index (χ0) is 15.5. The number of aryl methyl sites for hydroxylation is 1. The van der Waals surface area contributed by atoms with E-state index in [9.17, 15) is 4.79 Å². The average Bonchev–Trinajstić information content (AvgIpc) is 3.14. The van der Waals surface area contributed by atoms with Crippen molar-refractivity contribution in [3.8, 4) is 11.3 Å². The van der Waals surface area contributed by atoms with Crippen molar-refractivity contribution < 1.29 is 4.79 Å². The maximum atomic E-state index is 12.2. The summed E-state index contributed by atoms with van der Waals surface area (Å²) in [7, 11) is 0.